The summed E-state index contributed by atoms with van der Waals surface area (Å²) in [6.07, 6.45) is 0. The third-order valence-electron chi connectivity index (χ3n) is 10.3. The largest absolute Gasteiger partial charge is 0.456 e. The van der Waals surface area contributed by atoms with Gasteiger partial charge < -0.3 is 13.5 Å². The Labute approximate surface area is 301 Å². The molecule has 0 aliphatic heterocycles. The Bertz CT molecular complexity index is 2900. The highest BCUT2D eigenvalue weighted by Gasteiger charge is 2.29. The van der Waals surface area contributed by atoms with Crippen LogP contribution in [0.2, 0.25) is 0 Å². The first-order valence-corrected chi connectivity index (χ1v) is 19.2. The van der Waals surface area contributed by atoms with Gasteiger partial charge in [-0.2, -0.15) is 0 Å². The molecule has 0 bridgehead atoms. The van der Waals surface area contributed by atoms with Crippen LogP contribution in [0.1, 0.15) is 0 Å². The minimum atomic E-state index is -3.10. The predicted molar refractivity (Wildman–Crippen MR) is 218 cm³/mol. The highest BCUT2D eigenvalue weighted by molar-refractivity contribution is 7.85. The molecular weight excluding hydrogens is 654 g/mol. The number of fused-ring (bicyclic) bond motifs is 6. The molecule has 0 saturated heterocycles. The van der Waals surface area contributed by atoms with Gasteiger partial charge in [0.1, 0.15) is 11.2 Å². The smallest absolute Gasteiger partial charge is 0.171 e. The zero-order chi connectivity index (χ0) is 34.6. The molecule has 0 spiro atoms. The minimum Gasteiger partial charge on any atom is -0.456 e. The molecule has 0 amide bonds. The quantitative estimate of drug-likeness (QED) is 0.163. The van der Waals surface area contributed by atoms with Gasteiger partial charge in [-0.3, -0.25) is 0 Å². The Kier molecular flexibility index (Phi) is 7.09. The lowest BCUT2D eigenvalue weighted by Crippen LogP contribution is -2.25. The highest BCUT2D eigenvalue weighted by Crippen LogP contribution is 2.43. The van der Waals surface area contributed by atoms with Gasteiger partial charge in [0.05, 0.1) is 11.0 Å². The van der Waals surface area contributed by atoms with Crippen LogP contribution in [0.3, 0.4) is 0 Å². The molecule has 2 aromatic heterocycles. The summed E-state index contributed by atoms with van der Waals surface area (Å²) in [5.74, 6) is 0. The van der Waals surface area contributed by atoms with Crippen molar-refractivity contribution >= 4 is 66.8 Å². The Morgan fingerprint density at radius 1 is 0.365 bits per heavy atom. The van der Waals surface area contributed by atoms with Gasteiger partial charge >= 0.3 is 0 Å². The molecule has 0 unspecified atom stereocenters. The lowest BCUT2D eigenvalue weighted by Gasteiger charge is -2.20. The second-order valence-corrected chi connectivity index (χ2v) is 16.0. The summed E-state index contributed by atoms with van der Waals surface area (Å²) in [4.78, 5) is 0. The Hall–Kier alpha value is -6.41. The van der Waals surface area contributed by atoms with E-state index in [-0.39, 0.29) is 0 Å². The van der Waals surface area contributed by atoms with Crippen LogP contribution in [0.25, 0.3) is 71.7 Å². The Morgan fingerprint density at radius 3 is 1.48 bits per heavy atom. The Morgan fingerprint density at radius 2 is 0.846 bits per heavy atom. The first kappa shape index (κ1) is 30.4. The van der Waals surface area contributed by atoms with Crippen molar-refractivity contribution in [2.24, 2.45) is 0 Å². The number of benzene rings is 8. The predicted octanol–water partition coefficient (Wildman–Crippen LogP) is 11.7. The average Bonchev–Trinajstić information content (AvgIpc) is 3.76. The van der Waals surface area contributed by atoms with Gasteiger partial charge in [0.25, 0.3) is 0 Å². The van der Waals surface area contributed by atoms with Crippen molar-refractivity contribution in [3.05, 3.63) is 194 Å². The second kappa shape index (κ2) is 12.1. The highest BCUT2D eigenvalue weighted by atomic mass is 31.2. The average molecular weight is 686 g/mol. The molecule has 4 heteroatoms. The number of rotatable bonds is 6. The molecule has 0 atom stereocenters. The van der Waals surface area contributed by atoms with Crippen molar-refractivity contribution in [1.82, 2.24) is 4.57 Å². The van der Waals surface area contributed by atoms with Gasteiger partial charge in [-0.15, -0.1) is 0 Å². The van der Waals surface area contributed by atoms with E-state index in [1.165, 1.54) is 21.8 Å². The maximum absolute atomic E-state index is 15.1. The molecule has 3 nitrogen and oxygen atoms in total. The molecule has 0 aliphatic rings. The van der Waals surface area contributed by atoms with E-state index in [1.54, 1.807) is 0 Å². The van der Waals surface area contributed by atoms with Gasteiger partial charge in [-0.25, -0.2) is 0 Å². The Balaban J connectivity index is 1.07. The molecule has 2 heterocycles. The van der Waals surface area contributed by atoms with Crippen LogP contribution >= 0.6 is 7.14 Å². The topological polar surface area (TPSA) is 35.1 Å². The van der Waals surface area contributed by atoms with E-state index in [0.29, 0.717) is 0 Å². The third kappa shape index (κ3) is 4.86. The van der Waals surface area contributed by atoms with Crippen molar-refractivity contribution in [3.63, 3.8) is 0 Å². The molecule has 0 N–H and O–H groups in total. The number of hydrogen-bond acceptors (Lipinski definition) is 2. The molecule has 10 aromatic rings. The second-order valence-electron chi connectivity index (χ2n) is 13.3. The first-order valence-electron chi connectivity index (χ1n) is 17.5. The first-order chi connectivity index (χ1) is 25.6. The molecule has 10 rings (SSSR count). The number of nitrogens with zero attached hydrogens (tertiary/aromatic N) is 1. The normalized spacial score (nSPS) is 11.9. The molecular formula is C48H32NO2P. The van der Waals surface area contributed by atoms with E-state index in [4.69, 9.17) is 4.42 Å². The fourth-order valence-electron chi connectivity index (χ4n) is 7.77. The zero-order valence-corrected chi connectivity index (χ0v) is 29.1. The van der Waals surface area contributed by atoms with Gasteiger partial charge in [-0.05, 0) is 76.9 Å². The van der Waals surface area contributed by atoms with Crippen molar-refractivity contribution in [3.8, 4) is 27.9 Å². The summed E-state index contributed by atoms with van der Waals surface area (Å²) in [6, 6.07) is 66.6. The number of para-hydroxylation sites is 2. The molecule has 0 radical (unpaired) electrons. The number of aromatic nitrogens is 1. The SMILES string of the molecule is O=P(c1ccccc1)(c1ccccc1)c1cccc(-c2cccc(-c3ccc4oc5ccc(-n6c7ccccc7c7ccccc76)cc5c4c3)c2)c1. The van der Waals surface area contributed by atoms with Crippen LogP contribution in [-0.4, -0.2) is 4.57 Å². The van der Waals surface area contributed by atoms with Crippen molar-refractivity contribution < 1.29 is 8.98 Å². The molecule has 0 fully saturated rings. The monoisotopic (exact) mass is 685 g/mol. The van der Waals surface area contributed by atoms with Crippen LogP contribution in [0, 0.1) is 0 Å². The summed E-state index contributed by atoms with van der Waals surface area (Å²) in [5, 5.41) is 7.12. The lowest BCUT2D eigenvalue weighted by molar-refractivity contribution is 0.592. The molecule has 0 aliphatic carbocycles. The van der Waals surface area contributed by atoms with Gasteiger partial charge in [-0.1, -0.05) is 140 Å². The van der Waals surface area contributed by atoms with Crippen molar-refractivity contribution in [2.45, 2.75) is 0 Å². The third-order valence-corrected chi connectivity index (χ3v) is 13.3. The summed E-state index contributed by atoms with van der Waals surface area (Å²) in [7, 11) is -3.10. The van der Waals surface area contributed by atoms with Crippen molar-refractivity contribution in [1.29, 1.82) is 0 Å². The summed E-state index contributed by atoms with van der Waals surface area (Å²) < 4.78 is 23.8. The van der Waals surface area contributed by atoms with E-state index in [1.807, 2.05) is 72.8 Å². The summed E-state index contributed by atoms with van der Waals surface area (Å²) in [5.41, 5.74) is 9.49. The van der Waals surface area contributed by atoms with Gasteiger partial charge in [0, 0.05) is 43.1 Å². The zero-order valence-electron chi connectivity index (χ0n) is 28.2. The van der Waals surface area contributed by atoms with Crippen LogP contribution < -0.4 is 15.9 Å². The van der Waals surface area contributed by atoms with Crippen LogP contribution in [0.4, 0.5) is 0 Å². The molecule has 0 saturated carbocycles. The van der Waals surface area contributed by atoms with Crippen LogP contribution in [0.5, 0.6) is 0 Å². The molecule has 246 valence electrons. The van der Waals surface area contributed by atoms with Gasteiger partial charge in [0.2, 0.25) is 0 Å². The van der Waals surface area contributed by atoms with E-state index < -0.39 is 7.14 Å². The van der Waals surface area contributed by atoms with E-state index in [0.717, 1.165) is 65.8 Å². The van der Waals surface area contributed by atoms with Gasteiger partial charge in [0.15, 0.2) is 7.14 Å². The maximum Gasteiger partial charge on any atom is 0.171 e. The number of hydrogen-bond donors (Lipinski definition) is 0. The van der Waals surface area contributed by atoms with E-state index in [2.05, 4.69) is 126 Å². The molecule has 8 aromatic carbocycles. The molecule has 52 heavy (non-hydrogen) atoms. The fourth-order valence-corrected chi connectivity index (χ4v) is 10.5. The standard InChI is InChI=1S/C48H32NO2P/c50-52(38-16-3-1-4-17-38,39-18-5-2-6-19-39)40-20-12-15-35(30-40)33-13-11-14-34(29-33)36-25-27-47-43(31-36)44-32-37(26-28-48(44)51-47)49-45-23-9-7-21-41(45)42-22-8-10-24-46(42)49/h1-32H. The minimum absolute atomic E-state index is 0.818. The number of furan rings is 1. The van der Waals surface area contributed by atoms with Crippen molar-refractivity contribution in [2.75, 3.05) is 0 Å². The van der Waals surface area contributed by atoms with Crippen LogP contribution in [0.15, 0.2) is 199 Å². The maximum atomic E-state index is 15.1. The van der Waals surface area contributed by atoms with E-state index in [9.17, 15) is 0 Å². The van der Waals surface area contributed by atoms with Crippen LogP contribution in [-0.2, 0) is 4.57 Å². The van der Waals surface area contributed by atoms with E-state index >= 15 is 4.57 Å². The lowest BCUT2D eigenvalue weighted by atomic mass is 9.98. The summed E-state index contributed by atoms with van der Waals surface area (Å²) >= 11 is 0. The fraction of sp³-hybridized carbons (Fsp3) is 0. The summed E-state index contributed by atoms with van der Waals surface area (Å²) in [6.45, 7) is 0.